The molecular weight excluding hydrogens is 341 g/mol. The number of hydrogen-bond donors (Lipinski definition) is 0. The molecule has 0 amide bonds. The highest BCUT2D eigenvalue weighted by atomic mass is 19.1. The lowest BCUT2D eigenvalue weighted by Gasteiger charge is -2.28. The second-order valence-corrected chi connectivity index (χ2v) is 6.29. The second kappa shape index (κ2) is 7.68. The molecule has 0 aliphatic carbocycles. The van der Waals surface area contributed by atoms with Gasteiger partial charge < -0.3 is 4.74 Å². The van der Waals surface area contributed by atoms with Crippen molar-refractivity contribution in [1.29, 1.82) is 0 Å². The molecule has 136 valence electrons. The van der Waals surface area contributed by atoms with Crippen molar-refractivity contribution in [3.8, 4) is 0 Å². The molecule has 1 aromatic carbocycles. The van der Waals surface area contributed by atoms with Crippen LogP contribution in [0.3, 0.4) is 0 Å². The average molecular weight is 361 g/mol. The van der Waals surface area contributed by atoms with Crippen LogP contribution in [0, 0.1) is 5.82 Å². The second-order valence-electron chi connectivity index (χ2n) is 6.29. The first-order valence-electron chi connectivity index (χ1n) is 8.99. The first-order valence-corrected chi connectivity index (χ1v) is 8.99. The van der Waals surface area contributed by atoms with E-state index in [-0.39, 0.29) is 5.82 Å². The Morgan fingerprint density at radius 3 is 2.78 bits per heavy atom. The van der Waals surface area contributed by atoms with Gasteiger partial charge >= 0.3 is 0 Å². The van der Waals surface area contributed by atoms with E-state index in [0.717, 1.165) is 33.9 Å². The molecule has 2 aliphatic rings. The van der Waals surface area contributed by atoms with E-state index in [1.807, 2.05) is 66.7 Å². The Hall–Kier alpha value is -3.05. The van der Waals surface area contributed by atoms with Crippen molar-refractivity contribution >= 4 is 11.3 Å². The largest absolute Gasteiger partial charge is 0.375 e. The number of rotatable bonds is 5. The standard InChI is InChI=1S/C22H20FN3O/c1-2-27-15-18-6-5-7-20(24-18)21-14-19(16-9-11-17(23)12-10-16)22-8-3-4-13-26(22)25-21/h3-13H,2,14-15H2,1H3. The minimum absolute atomic E-state index is 0.240. The molecule has 0 saturated heterocycles. The molecule has 2 aliphatic heterocycles. The first kappa shape index (κ1) is 17.4. The van der Waals surface area contributed by atoms with E-state index in [1.54, 1.807) is 0 Å². The average Bonchev–Trinajstić information content (AvgIpc) is 2.72. The highest BCUT2D eigenvalue weighted by Gasteiger charge is 2.23. The topological polar surface area (TPSA) is 37.7 Å². The molecule has 5 heteroatoms. The number of halogens is 1. The Labute approximate surface area is 158 Å². The van der Waals surface area contributed by atoms with E-state index in [2.05, 4.69) is 0 Å². The van der Waals surface area contributed by atoms with Crippen molar-refractivity contribution in [2.45, 2.75) is 20.0 Å². The molecule has 0 atom stereocenters. The van der Waals surface area contributed by atoms with Crippen molar-refractivity contribution in [2.75, 3.05) is 6.61 Å². The van der Waals surface area contributed by atoms with Crippen LogP contribution in [-0.4, -0.2) is 22.3 Å². The van der Waals surface area contributed by atoms with Gasteiger partial charge in [0.1, 0.15) is 5.82 Å². The van der Waals surface area contributed by atoms with Gasteiger partial charge in [-0.05, 0) is 54.5 Å². The van der Waals surface area contributed by atoms with Crippen molar-refractivity contribution in [3.63, 3.8) is 0 Å². The summed E-state index contributed by atoms with van der Waals surface area (Å²) >= 11 is 0. The minimum atomic E-state index is -0.240. The number of hydrogen-bond acceptors (Lipinski definition) is 4. The molecule has 0 N–H and O–H groups in total. The van der Waals surface area contributed by atoms with Crippen molar-refractivity contribution < 1.29 is 9.13 Å². The van der Waals surface area contributed by atoms with Gasteiger partial charge in [0, 0.05) is 19.2 Å². The maximum absolute atomic E-state index is 13.4. The van der Waals surface area contributed by atoms with E-state index in [0.29, 0.717) is 19.6 Å². The Morgan fingerprint density at radius 1 is 1.11 bits per heavy atom. The van der Waals surface area contributed by atoms with Gasteiger partial charge in [-0.1, -0.05) is 24.3 Å². The van der Waals surface area contributed by atoms with Crippen LogP contribution in [0.5, 0.6) is 0 Å². The van der Waals surface area contributed by atoms with Gasteiger partial charge in [-0.2, -0.15) is 5.10 Å². The number of hydrazone groups is 1. The van der Waals surface area contributed by atoms with Gasteiger partial charge in [0.2, 0.25) is 0 Å². The predicted octanol–water partition coefficient (Wildman–Crippen LogP) is 4.66. The smallest absolute Gasteiger partial charge is 0.123 e. The van der Waals surface area contributed by atoms with Crippen LogP contribution in [0.15, 0.2) is 77.7 Å². The Kier molecular flexibility index (Phi) is 4.94. The van der Waals surface area contributed by atoms with Gasteiger partial charge in [0.25, 0.3) is 0 Å². The third-order valence-corrected chi connectivity index (χ3v) is 4.47. The number of ether oxygens (including phenoxy) is 1. The van der Waals surface area contributed by atoms with Crippen LogP contribution in [-0.2, 0) is 11.3 Å². The highest BCUT2D eigenvalue weighted by molar-refractivity contribution is 6.06. The summed E-state index contributed by atoms with van der Waals surface area (Å²) in [6, 6.07) is 12.5. The minimum Gasteiger partial charge on any atom is -0.375 e. The first-order chi connectivity index (χ1) is 13.2. The van der Waals surface area contributed by atoms with E-state index in [4.69, 9.17) is 14.8 Å². The highest BCUT2D eigenvalue weighted by Crippen LogP contribution is 2.33. The summed E-state index contributed by atoms with van der Waals surface area (Å²) in [4.78, 5) is 4.71. The molecule has 4 rings (SSSR count). The maximum atomic E-state index is 13.4. The lowest BCUT2D eigenvalue weighted by atomic mass is 9.94. The van der Waals surface area contributed by atoms with Gasteiger partial charge in [-0.3, -0.25) is 0 Å². The molecule has 27 heavy (non-hydrogen) atoms. The molecule has 4 nitrogen and oxygen atoms in total. The molecule has 0 spiro atoms. The third kappa shape index (κ3) is 3.73. The summed E-state index contributed by atoms with van der Waals surface area (Å²) in [7, 11) is 0. The SMILES string of the molecule is CCOCc1cccc(C2=NN3C=CC=CC3=C(c3ccc(F)cc3)C2)n1. The van der Waals surface area contributed by atoms with Crippen LogP contribution in [0.4, 0.5) is 4.39 Å². The monoisotopic (exact) mass is 361 g/mol. The number of allylic oxidation sites excluding steroid dienone is 4. The fourth-order valence-electron chi connectivity index (χ4n) is 3.15. The van der Waals surface area contributed by atoms with Crippen molar-refractivity contribution in [3.05, 3.63) is 95.4 Å². The van der Waals surface area contributed by atoms with Gasteiger partial charge in [0.15, 0.2) is 0 Å². The van der Waals surface area contributed by atoms with E-state index >= 15 is 0 Å². The number of benzene rings is 1. The molecule has 3 heterocycles. The molecule has 0 saturated carbocycles. The Balaban J connectivity index is 1.70. The molecule has 1 aromatic heterocycles. The fourth-order valence-corrected chi connectivity index (χ4v) is 3.15. The number of fused-ring (bicyclic) bond motifs is 1. The molecule has 0 radical (unpaired) electrons. The molecule has 0 unspecified atom stereocenters. The Morgan fingerprint density at radius 2 is 1.96 bits per heavy atom. The van der Waals surface area contributed by atoms with E-state index in [1.165, 1.54) is 12.1 Å². The van der Waals surface area contributed by atoms with E-state index < -0.39 is 0 Å². The summed E-state index contributed by atoms with van der Waals surface area (Å²) in [6.45, 7) is 3.10. The number of pyridine rings is 1. The van der Waals surface area contributed by atoms with Crippen LogP contribution in [0.2, 0.25) is 0 Å². The van der Waals surface area contributed by atoms with Crippen LogP contribution < -0.4 is 0 Å². The lowest BCUT2D eigenvalue weighted by Crippen LogP contribution is -2.22. The summed E-state index contributed by atoms with van der Waals surface area (Å²) in [5.74, 6) is -0.240. The summed E-state index contributed by atoms with van der Waals surface area (Å²) in [6.07, 6.45) is 8.49. The number of aromatic nitrogens is 1. The third-order valence-electron chi connectivity index (χ3n) is 4.47. The maximum Gasteiger partial charge on any atom is 0.123 e. The van der Waals surface area contributed by atoms with Gasteiger partial charge in [-0.25, -0.2) is 14.4 Å². The molecule has 2 aromatic rings. The van der Waals surface area contributed by atoms with Gasteiger partial charge in [-0.15, -0.1) is 0 Å². The zero-order chi connectivity index (χ0) is 18.6. The van der Waals surface area contributed by atoms with Crippen LogP contribution in [0.25, 0.3) is 5.57 Å². The van der Waals surface area contributed by atoms with E-state index in [9.17, 15) is 4.39 Å². The molecular formula is C22H20FN3O. The lowest BCUT2D eigenvalue weighted by molar-refractivity contribution is 0.131. The van der Waals surface area contributed by atoms with Crippen molar-refractivity contribution in [2.24, 2.45) is 5.10 Å². The number of nitrogens with zero attached hydrogens (tertiary/aromatic N) is 3. The normalized spacial score (nSPS) is 15.8. The summed E-state index contributed by atoms with van der Waals surface area (Å²) in [5.41, 5.74) is 5.65. The van der Waals surface area contributed by atoms with Crippen LogP contribution in [0.1, 0.15) is 30.3 Å². The summed E-state index contributed by atoms with van der Waals surface area (Å²) < 4.78 is 18.8. The van der Waals surface area contributed by atoms with Gasteiger partial charge in [0.05, 0.1) is 29.4 Å². The van der Waals surface area contributed by atoms with Crippen molar-refractivity contribution in [1.82, 2.24) is 9.99 Å². The zero-order valence-electron chi connectivity index (χ0n) is 15.1. The quantitative estimate of drug-likeness (QED) is 0.777. The molecule has 0 fully saturated rings. The molecule has 0 bridgehead atoms. The van der Waals surface area contributed by atoms with Crippen LogP contribution >= 0.6 is 0 Å². The predicted molar refractivity (Wildman–Crippen MR) is 104 cm³/mol. The summed E-state index contributed by atoms with van der Waals surface area (Å²) in [5, 5.41) is 6.62. The zero-order valence-corrected chi connectivity index (χ0v) is 15.1. The Bertz CT molecular complexity index is 958. The fraction of sp³-hybridized carbons (Fsp3) is 0.182.